The second kappa shape index (κ2) is 2.18. The Morgan fingerprint density at radius 3 is 3.00 bits per heavy atom. The SMILES string of the molecule is CC1(C)SC=C2OC=CC=C21. The van der Waals surface area contributed by atoms with Crippen LogP contribution in [-0.2, 0) is 4.74 Å². The Bertz CT molecular complexity index is 271. The number of allylic oxidation sites excluding steroid dienone is 3. The summed E-state index contributed by atoms with van der Waals surface area (Å²) < 4.78 is 5.52. The summed E-state index contributed by atoms with van der Waals surface area (Å²) in [4.78, 5) is 0. The Morgan fingerprint density at radius 2 is 2.27 bits per heavy atom. The molecule has 2 aliphatic heterocycles. The van der Waals surface area contributed by atoms with Gasteiger partial charge in [0.2, 0.25) is 0 Å². The maximum Gasteiger partial charge on any atom is 0.137 e. The molecule has 0 aromatic heterocycles. The van der Waals surface area contributed by atoms with E-state index in [1.165, 1.54) is 5.57 Å². The normalized spacial score (nSPS) is 25.3. The fraction of sp³-hybridized carbons (Fsp3) is 0.333. The van der Waals surface area contributed by atoms with Gasteiger partial charge in [-0.25, -0.2) is 0 Å². The standard InChI is InChI=1S/C9H10OS/c1-9(2)7-4-3-5-10-8(7)6-11-9/h3-6H,1-2H3. The van der Waals surface area contributed by atoms with Gasteiger partial charge in [-0.2, -0.15) is 0 Å². The molecule has 2 heterocycles. The summed E-state index contributed by atoms with van der Waals surface area (Å²) in [6.07, 6.45) is 5.78. The van der Waals surface area contributed by atoms with E-state index in [9.17, 15) is 0 Å². The zero-order valence-electron chi connectivity index (χ0n) is 6.63. The van der Waals surface area contributed by atoms with E-state index in [2.05, 4.69) is 25.3 Å². The lowest BCUT2D eigenvalue weighted by Crippen LogP contribution is -2.15. The molecule has 0 spiro atoms. The minimum atomic E-state index is 0.195. The van der Waals surface area contributed by atoms with E-state index in [0.29, 0.717) is 0 Å². The van der Waals surface area contributed by atoms with Crippen molar-refractivity contribution in [2.45, 2.75) is 18.6 Å². The molecule has 0 bridgehead atoms. The van der Waals surface area contributed by atoms with Gasteiger partial charge in [0, 0.05) is 15.7 Å². The average Bonchev–Trinajstić information content (AvgIpc) is 2.29. The van der Waals surface area contributed by atoms with Crippen LogP contribution in [0.2, 0.25) is 0 Å². The van der Waals surface area contributed by atoms with Gasteiger partial charge in [0.25, 0.3) is 0 Å². The van der Waals surface area contributed by atoms with Crippen molar-refractivity contribution in [3.05, 3.63) is 35.2 Å². The summed E-state index contributed by atoms with van der Waals surface area (Å²) in [6.45, 7) is 4.41. The van der Waals surface area contributed by atoms with Crippen LogP contribution in [0.1, 0.15) is 13.8 Å². The molecule has 0 unspecified atom stereocenters. The van der Waals surface area contributed by atoms with Gasteiger partial charge in [0.15, 0.2) is 0 Å². The molecule has 0 N–H and O–H groups in total. The van der Waals surface area contributed by atoms with E-state index in [4.69, 9.17) is 4.74 Å². The van der Waals surface area contributed by atoms with E-state index in [0.717, 1.165) is 5.76 Å². The quantitative estimate of drug-likeness (QED) is 0.547. The number of hydrogen-bond acceptors (Lipinski definition) is 2. The summed E-state index contributed by atoms with van der Waals surface area (Å²) in [5.41, 5.74) is 1.30. The van der Waals surface area contributed by atoms with Gasteiger partial charge in [0.05, 0.1) is 6.26 Å². The van der Waals surface area contributed by atoms with Gasteiger partial charge in [-0.1, -0.05) is 6.08 Å². The van der Waals surface area contributed by atoms with Crippen LogP contribution in [0.5, 0.6) is 0 Å². The Hall–Kier alpha value is -0.630. The summed E-state index contributed by atoms with van der Waals surface area (Å²) in [5, 5.41) is 2.08. The van der Waals surface area contributed by atoms with Crippen molar-refractivity contribution >= 4 is 11.8 Å². The molecule has 0 aliphatic carbocycles. The fourth-order valence-corrected chi connectivity index (χ4v) is 2.13. The van der Waals surface area contributed by atoms with E-state index in [-0.39, 0.29) is 4.75 Å². The Balaban J connectivity index is 2.42. The first-order valence-corrected chi connectivity index (χ1v) is 4.50. The first-order valence-electron chi connectivity index (χ1n) is 3.62. The second-order valence-electron chi connectivity index (χ2n) is 3.14. The molecule has 0 aromatic rings. The van der Waals surface area contributed by atoms with Gasteiger partial charge < -0.3 is 4.74 Å². The number of rotatable bonds is 0. The van der Waals surface area contributed by atoms with Crippen LogP contribution in [0.4, 0.5) is 0 Å². The highest BCUT2D eigenvalue weighted by Crippen LogP contribution is 2.45. The molecule has 0 amide bonds. The lowest BCUT2D eigenvalue weighted by Gasteiger charge is -2.21. The summed E-state index contributed by atoms with van der Waals surface area (Å²) in [5.74, 6) is 1.02. The summed E-state index contributed by atoms with van der Waals surface area (Å²) >= 11 is 1.81. The molecule has 0 aromatic carbocycles. The third-order valence-corrected chi connectivity index (χ3v) is 3.05. The average molecular weight is 166 g/mol. The molecule has 2 heteroatoms. The van der Waals surface area contributed by atoms with Gasteiger partial charge in [-0.15, -0.1) is 11.8 Å². The van der Waals surface area contributed by atoms with Crippen LogP contribution in [0, 0.1) is 0 Å². The number of hydrogen-bond donors (Lipinski definition) is 0. The predicted octanol–water partition coefficient (Wildman–Crippen LogP) is 2.82. The highest BCUT2D eigenvalue weighted by atomic mass is 32.2. The van der Waals surface area contributed by atoms with Gasteiger partial charge >= 0.3 is 0 Å². The first-order chi connectivity index (χ1) is 5.20. The molecule has 0 radical (unpaired) electrons. The Labute approximate surface area is 70.8 Å². The van der Waals surface area contributed by atoms with Crippen LogP contribution >= 0.6 is 11.8 Å². The molecular formula is C9H10OS. The predicted molar refractivity (Wildman–Crippen MR) is 48.1 cm³/mol. The summed E-state index contributed by atoms with van der Waals surface area (Å²) in [7, 11) is 0. The van der Waals surface area contributed by atoms with Crippen molar-refractivity contribution in [3.63, 3.8) is 0 Å². The van der Waals surface area contributed by atoms with Crippen molar-refractivity contribution in [3.8, 4) is 0 Å². The zero-order valence-corrected chi connectivity index (χ0v) is 7.44. The van der Waals surface area contributed by atoms with E-state index >= 15 is 0 Å². The molecule has 2 rings (SSSR count). The molecule has 58 valence electrons. The Kier molecular flexibility index (Phi) is 1.39. The van der Waals surface area contributed by atoms with E-state index in [1.807, 2.05) is 17.8 Å². The molecular weight excluding hydrogens is 156 g/mol. The van der Waals surface area contributed by atoms with Crippen molar-refractivity contribution in [2.24, 2.45) is 0 Å². The number of fused-ring (bicyclic) bond motifs is 1. The minimum absolute atomic E-state index is 0.195. The molecule has 2 aliphatic rings. The zero-order chi connectivity index (χ0) is 7.90. The van der Waals surface area contributed by atoms with Gasteiger partial charge in [0.1, 0.15) is 5.76 Å². The molecule has 11 heavy (non-hydrogen) atoms. The first kappa shape index (κ1) is 7.04. The maximum atomic E-state index is 5.33. The van der Waals surface area contributed by atoms with E-state index < -0.39 is 0 Å². The molecule has 0 fully saturated rings. The van der Waals surface area contributed by atoms with Crippen LogP contribution in [0.25, 0.3) is 0 Å². The lowest BCUT2D eigenvalue weighted by molar-refractivity contribution is 0.354. The van der Waals surface area contributed by atoms with Gasteiger partial charge in [-0.05, 0) is 19.9 Å². The molecule has 0 saturated carbocycles. The monoisotopic (exact) mass is 166 g/mol. The smallest absolute Gasteiger partial charge is 0.137 e. The molecule has 1 nitrogen and oxygen atoms in total. The third-order valence-electron chi connectivity index (χ3n) is 1.91. The van der Waals surface area contributed by atoms with Crippen molar-refractivity contribution in [1.82, 2.24) is 0 Å². The minimum Gasteiger partial charge on any atom is -0.464 e. The molecule has 0 atom stereocenters. The number of ether oxygens (including phenoxy) is 1. The maximum absolute atomic E-state index is 5.33. The topological polar surface area (TPSA) is 9.23 Å². The summed E-state index contributed by atoms with van der Waals surface area (Å²) in [6, 6.07) is 0. The van der Waals surface area contributed by atoms with Gasteiger partial charge in [-0.3, -0.25) is 0 Å². The van der Waals surface area contributed by atoms with Crippen molar-refractivity contribution in [2.75, 3.05) is 0 Å². The van der Waals surface area contributed by atoms with E-state index in [1.54, 1.807) is 6.26 Å². The highest BCUT2D eigenvalue weighted by Gasteiger charge is 2.33. The van der Waals surface area contributed by atoms with Crippen LogP contribution in [0.3, 0.4) is 0 Å². The Morgan fingerprint density at radius 1 is 1.45 bits per heavy atom. The molecule has 0 saturated heterocycles. The largest absolute Gasteiger partial charge is 0.464 e. The number of thioether (sulfide) groups is 1. The van der Waals surface area contributed by atoms with Crippen molar-refractivity contribution < 1.29 is 4.74 Å². The van der Waals surface area contributed by atoms with Crippen LogP contribution in [-0.4, -0.2) is 4.75 Å². The lowest BCUT2D eigenvalue weighted by atomic mass is 10.00. The highest BCUT2D eigenvalue weighted by molar-refractivity contribution is 8.04. The van der Waals surface area contributed by atoms with Crippen LogP contribution < -0.4 is 0 Å². The van der Waals surface area contributed by atoms with Crippen LogP contribution in [0.15, 0.2) is 35.2 Å². The fourth-order valence-electron chi connectivity index (χ4n) is 1.25. The third kappa shape index (κ3) is 1.02. The second-order valence-corrected chi connectivity index (χ2v) is 4.63. The van der Waals surface area contributed by atoms with Crippen molar-refractivity contribution in [1.29, 1.82) is 0 Å².